The SMILES string of the molecule is O=C(NC1CC(=O)N(Cc2cccc(-c3ccc([C@@H]4O[C@H](CN5CCC(O)(c6ccc(Cl)cc6)CC5)C[C@H](c5ccc(CO)cc5)O4)cc3)c2)C1=O)OCc1ccccc1. The molecular formula is C48H48ClN3O8. The van der Waals surface area contributed by atoms with Crippen LogP contribution in [0.2, 0.25) is 5.02 Å². The van der Waals surface area contributed by atoms with Gasteiger partial charge in [0.05, 0.1) is 37.4 Å². The summed E-state index contributed by atoms with van der Waals surface area (Å²) in [6.45, 7) is 2.21. The molecule has 60 heavy (non-hydrogen) atoms. The highest BCUT2D eigenvalue weighted by Gasteiger charge is 2.40. The Balaban J connectivity index is 0.912. The Morgan fingerprint density at radius 3 is 2.22 bits per heavy atom. The predicted octanol–water partition coefficient (Wildman–Crippen LogP) is 7.58. The maximum absolute atomic E-state index is 13.2. The van der Waals surface area contributed by atoms with Crippen LogP contribution in [0.3, 0.4) is 0 Å². The third kappa shape index (κ3) is 9.79. The number of carbonyl (C=O) groups is 3. The summed E-state index contributed by atoms with van der Waals surface area (Å²) in [4.78, 5) is 42.1. The van der Waals surface area contributed by atoms with Crippen LogP contribution in [0.4, 0.5) is 4.79 Å². The number of carbonyl (C=O) groups excluding carboxylic acids is 3. The first-order valence-corrected chi connectivity index (χ1v) is 20.7. The zero-order chi connectivity index (χ0) is 41.6. The van der Waals surface area contributed by atoms with E-state index < -0.39 is 29.9 Å². The van der Waals surface area contributed by atoms with Crippen LogP contribution in [0.15, 0.2) is 127 Å². The molecule has 0 aliphatic carbocycles. The van der Waals surface area contributed by atoms with Gasteiger partial charge in [0, 0.05) is 36.6 Å². The normalized spacial score (nSPS) is 21.8. The zero-order valence-electron chi connectivity index (χ0n) is 33.1. The van der Waals surface area contributed by atoms with E-state index in [4.69, 9.17) is 25.8 Å². The van der Waals surface area contributed by atoms with Gasteiger partial charge in [-0.25, -0.2) is 4.79 Å². The van der Waals surface area contributed by atoms with Crippen LogP contribution in [0.5, 0.6) is 0 Å². The lowest BCUT2D eigenvalue weighted by Crippen LogP contribution is -2.46. The van der Waals surface area contributed by atoms with E-state index in [1.165, 1.54) is 4.90 Å². The molecule has 0 aromatic heterocycles. The highest BCUT2D eigenvalue weighted by atomic mass is 35.5. The summed E-state index contributed by atoms with van der Waals surface area (Å²) in [5.74, 6) is -0.837. The fourth-order valence-electron chi connectivity index (χ4n) is 8.21. The van der Waals surface area contributed by atoms with E-state index in [1.54, 1.807) is 0 Å². The van der Waals surface area contributed by atoms with Crippen molar-refractivity contribution in [1.29, 1.82) is 0 Å². The van der Waals surface area contributed by atoms with Crippen molar-refractivity contribution < 1.29 is 38.8 Å². The van der Waals surface area contributed by atoms with Gasteiger partial charge in [0.15, 0.2) is 6.29 Å². The van der Waals surface area contributed by atoms with Crippen LogP contribution < -0.4 is 5.32 Å². The summed E-state index contributed by atoms with van der Waals surface area (Å²) in [5, 5.41) is 24.3. The molecule has 3 heterocycles. The van der Waals surface area contributed by atoms with Crippen molar-refractivity contribution in [3.05, 3.63) is 166 Å². The molecule has 3 fully saturated rings. The number of amides is 3. The third-order valence-electron chi connectivity index (χ3n) is 11.7. The first-order valence-electron chi connectivity index (χ1n) is 20.3. The molecule has 0 saturated carbocycles. The molecule has 11 nitrogen and oxygen atoms in total. The summed E-state index contributed by atoms with van der Waals surface area (Å²) >= 11 is 6.11. The molecular weight excluding hydrogens is 782 g/mol. The molecule has 3 aliphatic heterocycles. The number of nitrogens with one attached hydrogen (secondary N) is 1. The minimum absolute atomic E-state index is 0.0346. The van der Waals surface area contributed by atoms with Crippen molar-refractivity contribution in [1.82, 2.24) is 15.1 Å². The summed E-state index contributed by atoms with van der Waals surface area (Å²) in [7, 11) is 0. The number of likely N-dealkylation sites (tertiary alicyclic amines) is 2. The number of rotatable bonds is 12. The Bertz CT molecular complexity index is 2260. The number of hydrogen-bond acceptors (Lipinski definition) is 9. The standard InChI is InChI=1S/C48H48ClN3O8/c49-40-19-17-39(18-20-40)48(57)21-23-51(24-22-48)29-41-26-43(36-11-9-32(30-53)10-12-36)60-46(59-41)37-15-13-35(14-16-37)38-8-4-7-34(25-38)28-52-44(54)27-42(45(52)55)50-47(56)58-31-33-5-2-1-3-6-33/h1-20,25,41-43,46,53,57H,21-24,26-31H2,(H,50,56)/t41-,42?,43+,46+/m0/s1. The predicted molar refractivity (Wildman–Crippen MR) is 225 cm³/mol. The molecule has 4 atom stereocenters. The number of hydrogen-bond donors (Lipinski definition) is 3. The topological polar surface area (TPSA) is 138 Å². The molecule has 0 radical (unpaired) electrons. The number of aliphatic hydroxyl groups is 2. The number of imide groups is 1. The molecule has 5 aromatic carbocycles. The van der Waals surface area contributed by atoms with Gasteiger partial charge in [0.1, 0.15) is 12.6 Å². The minimum Gasteiger partial charge on any atom is -0.445 e. The number of ether oxygens (including phenoxy) is 3. The molecule has 3 N–H and O–H groups in total. The number of halogens is 1. The van der Waals surface area contributed by atoms with Gasteiger partial charge in [-0.2, -0.15) is 0 Å². The van der Waals surface area contributed by atoms with Crippen molar-refractivity contribution in [2.45, 2.75) is 75.6 Å². The van der Waals surface area contributed by atoms with E-state index in [0.29, 0.717) is 30.8 Å². The van der Waals surface area contributed by atoms with Crippen molar-refractivity contribution in [2.24, 2.45) is 0 Å². The summed E-state index contributed by atoms with van der Waals surface area (Å²) in [6.07, 6.45) is -0.0478. The Morgan fingerprint density at radius 1 is 0.800 bits per heavy atom. The minimum atomic E-state index is -0.986. The van der Waals surface area contributed by atoms with Crippen molar-refractivity contribution in [2.75, 3.05) is 19.6 Å². The van der Waals surface area contributed by atoms with Crippen molar-refractivity contribution in [3.63, 3.8) is 0 Å². The van der Waals surface area contributed by atoms with Crippen molar-refractivity contribution in [3.8, 4) is 11.1 Å². The van der Waals surface area contributed by atoms with E-state index in [0.717, 1.165) is 57.6 Å². The maximum Gasteiger partial charge on any atom is 0.408 e. The quantitative estimate of drug-likeness (QED) is 0.109. The van der Waals surface area contributed by atoms with Gasteiger partial charge in [-0.1, -0.05) is 121 Å². The monoisotopic (exact) mass is 829 g/mol. The summed E-state index contributed by atoms with van der Waals surface area (Å²) in [6, 6.07) is 39.2. The van der Waals surface area contributed by atoms with Gasteiger partial charge in [-0.3, -0.25) is 14.5 Å². The number of benzene rings is 5. The first kappa shape index (κ1) is 41.3. The van der Waals surface area contributed by atoms with Gasteiger partial charge in [-0.15, -0.1) is 0 Å². The van der Waals surface area contributed by atoms with Crippen LogP contribution in [-0.4, -0.2) is 69.7 Å². The number of nitrogens with zero attached hydrogens (tertiary/aromatic N) is 2. The van der Waals surface area contributed by atoms with Crippen LogP contribution in [0.25, 0.3) is 11.1 Å². The van der Waals surface area contributed by atoms with Crippen LogP contribution in [0.1, 0.15) is 71.5 Å². The fourth-order valence-corrected chi connectivity index (χ4v) is 8.33. The Labute approximate surface area is 354 Å². The molecule has 12 heteroatoms. The van der Waals surface area contributed by atoms with E-state index >= 15 is 0 Å². The van der Waals surface area contributed by atoms with Gasteiger partial charge in [0.25, 0.3) is 5.91 Å². The lowest BCUT2D eigenvalue weighted by Gasteiger charge is -2.42. The Hall–Kier alpha value is -5.40. The second-order valence-corrected chi connectivity index (χ2v) is 16.2. The molecule has 8 rings (SSSR count). The molecule has 1 unspecified atom stereocenters. The van der Waals surface area contributed by atoms with Gasteiger partial charge >= 0.3 is 6.09 Å². The first-order chi connectivity index (χ1) is 29.1. The molecule has 5 aromatic rings. The van der Waals surface area contributed by atoms with Crippen molar-refractivity contribution >= 4 is 29.5 Å². The molecule has 310 valence electrons. The Kier molecular flexibility index (Phi) is 12.7. The van der Waals surface area contributed by atoms with Crippen LogP contribution in [0, 0.1) is 0 Å². The van der Waals surface area contributed by atoms with E-state index in [-0.39, 0.29) is 44.3 Å². The number of alkyl carbamates (subject to hydrolysis) is 1. The second kappa shape index (κ2) is 18.5. The number of piperidine rings is 1. The van der Waals surface area contributed by atoms with Gasteiger partial charge < -0.3 is 34.6 Å². The summed E-state index contributed by atoms with van der Waals surface area (Å²) < 4.78 is 18.5. The van der Waals surface area contributed by atoms with E-state index in [9.17, 15) is 24.6 Å². The molecule has 3 amide bonds. The van der Waals surface area contributed by atoms with E-state index in [1.807, 2.05) is 127 Å². The van der Waals surface area contributed by atoms with Crippen LogP contribution >= 0.6 is 11.6 Å². The average Bonchev–Trinajstić information content (AvgIpc) is 3.54. The summed E-state index contributed by atoms with van der Waals surface area (Å²) in [5.41, 5.74) is 6.11. The molecule has 3 aliphatic rings. The molecule has 3 saturated heterocycles. The smallest absolute Gasteiger partial charge is 0.408 e. The van der Waals surface area contributed by atoms with E-state index in [2.05, 4.69) is 10.2 Å². The lowest BCUT2D eigenvalue weighted by molar-refractivity contribution is -0.253. The average molecular weight is 830 g/mol. The lowest BCUT2D eigenvalue weighted by atomic mass is 9.84. The number of aliphatic hydroxyl groups excluding tert-OH is 1. The maximum atomic E-state index is 13.2. The molecule has 0 bridgehead atoms. The second-order valence-electron chi connectivity index (χ2n) is 15.8. The molecule has 0 spiro atoms. The van der Waals surface area contributed by atoms with Gasteiger partial charge in [-0.05, 0) is 70.0 Å². The van der Waals surface area contributed by atoms with Crippen LogP contribution in [-0.2, 0) is 49.2 Å². The largest absolute Gasteiger partial charge is 0.445 e. The zero-order valence-corrected chi connectivity index (χ0v) is 33.9. The third-order valence-corrected chi connectivity index (χ3v) is 11.9. The highest BCUT2D eigenvalue weighted by molar-refractivity contribution is 6.30. The fraction of sp³-hybridized carbons (Fsp3) is 0.312. The Morgan fingerprint density at radius 2 is 1.50 bits per heavy atom. The highest BCUT2D eigenvalue weighted by Crippen LogP contribution is 2.40. The van der Waals surface area contributed by atoms with Gasteiger partial charge in [0.2, 0.25) is 5.91 Å².